The molecule has 6 heteroatoms. The van der Waals surface area contributed by atoms with Gasteiger partial charge >= 0.3 is 6.36 Å². The van der Waals surface area contributed by atoms with Crippen LogP contribution < -0.4 is 9.47 Å². The lowest BCUT2D eigenvalue weighted by molar-refractivity contribution is -0.274. The molecule has 0 aromatic heterocycles. The van der Waals surface area contributed by atoms with E-state index in [1.165, 1.54) is 36.9 Å². The first kappa shape index (κ1) is 19.1. The summed E-state index contributed by atoms with van der Waals surface area (Å²) >= 11 is 0. The van der Waals surface area contributed by atoms with Crippen molar-refractivity contribution in [1.82, 2.24) is 0 Å². The van der Waals surface area contributed by atoms with Crippen molar-refractivity contribution in [3.8, 4) is 11.5 Å². The first-order chi connectivity index (χ1) is 11.8. The molecule has 136 valence electrons. The standard InChI is InChI=1S/C19H21F3O3/c1-4-13(2)14-5-9-16(10-6-14)24-18(23-3)15-7-11-17(12-8-15)25-19(20,21)22/h5-13,18H,4H2,1-3H3. The Kier molecular flexibility index (Phi) is 6.31. The Labute approximate surface area is 145 Å². The fraction of sp³-hybridized carbons (Fsp3) is 0.368. The lowest BCUT2D eigenvalue weighted by Gasteiger charge is -2.19. The molecule has 2 unspecified atom stereocenters. The summed E-state index contributed by atoms with van der Waals surface area (Å²) in [5.74, 6) is 0.798. The summed E-state index contributed by atoms with van der Waals surface area (Å²) in [5, 5.41) is 0. The summed E-state index contributed by atoms with van der Waals surface area (Å²) in [6, 6.07) is 13.1. The summed E-state index contributed by atoms with van der Waals surface area (Å²) in [6.07, 6.45) is -4.39. The molecule has 0 spiro atoms. The van der Waals surface area contributed by atoms with Crippen LogP contribution in [0.3, 0.4) is 0 Å². The number of benzene rings is 2. The van der Waals surface area contributed by atoms with Crippen LogP contribution in [0.25, 0.3) is 0 Å². The highest BCUT2D eigenvalue weighted by atomic mass is 19.4. The zero-order valence-electron chi connectivity index (χ0n) is 14.3. The van der Waals surface area contributed by atoms with E-state index in [9.17, 15) is 13.2 Å². The largest absolute Gasteiger partial charge is 0.573 e. The van der Waals surface area contributed by atoms with Crippen molar-refractivity contribution in [2.24, 2.45) is 0 Å². The van der Waals surface area contributed by atoms with Gasteiger partial charge < -0.3 is 14.2 Å². The average molecular weight is 354 g/mol. The Morgan fingerprint density at radius 3 is 1.88 bits per heavy atom. The molecule has 0 aliphatic carbocycles. The predicted octanol–water partition coefficient (Wildman–Crippen LogP) is 5.82. The first-order valence-electron chi connectivity index (χ1n) is 7.97. The number of halogens is 3. The molecule has 25 heavy (non-hydrogen) atoms. The van der Waals surface area contributed by atoms with Crippen LogP contribution in [0.4, 0.5) is 13.2 Å². The van der Waals surface area contributed by atoms with E-state index in [2.05, 4.69) is 18.6 Å². The molecule has 0 amide bonds. The van der Waals surface area contributed by atoms with Crippen LogP contribution in [0.1, 0.15) is 43.6 Å². The molecular weight excluding hydrogens is 333 g/mol. The second-order valence-electron chi connectivity index (χ2n) is 5.68. The normalized spacial score (nSPS) is 14.0. The van der Waals surface area contributed by atoms with Crippen LogP contribution in [0.15, 0.2) is 48.5 Å². The lowest BCUT2D eigenvalue weighted by Crippen LogP contribution is -2.17. The van der Waals surface area contributed by atoms with Crippen LogP contribution in [0, 0.1) is 0 Å². The van der Waals surface area contributed by atoms with Gasteiger partial charge in [0.05, 0.1) is 0 Å². The SMILES string of the molecule is CCC(C)c1ccc(OC(OC)c2ccc(OC(F)(F)F)cc2)cc1. The topological polar surface area (TPSA) is 27.7 Å². The number of ether oxygens (including phenoxy) is 3. The van der Waals surface area contributed by atoms with E-state index in [1.807, 2.05) is 24.3 Å². The van der Waals surface area contributed by atoms with Crippen molar-refractivity contribution in [1.29, 1.82) is 0 Å². The van der Waals surface area contributed by atoms with Gasteiger partial charge in [-0.25, -0.2) is 0 Å². The number of rotatable bonds is 7. The minimum atomic E-state index is -4.71. The fourth-order valence-corrected chi connectivity index (χ4v) is 2.31. The lowest BCUT2D eigenvalue weighted by atomic mass is 9.99. The van der Waals surface area contributed by atoms with Gasteiger partial charge in [-0.1, -0.05) is 26.0 Å². The maximum Gasteiger partial charge on any atom is 0.573 e. The van der Waals surface area contributed by atoms with Crippen molar-refractivity contribution in [3.63, 3.8) is 0 Å². The molecule has 0 saturated heterocycles. The molecular formula is C19H21F3O3. The number of methoxy groups -OCH3 is 1. The highest BCUT2D eigenvalue weighted by molar-refractivity contribution is 5.31. The molecule has 0 saturated carbocycles. The minimum Gasteiger partial charge on any atom is -0.461 e. The highest BCUT2D eigenvalue weighted by Crippen LogP contribution is 2.28. The third-order valence-electron chi connectivity index (χ3n) is 3.90. The van der Waals surface area contributed by atoms with Gasteiger partial charge in [0.15, 0.2) is 0 Å². The molecule has 2 atom stereocenters. The Morgan fingerprint density at radius 1 is 0.880 bits per heavy atom. The quantitative estimate of drug-likeness (QED) is 0.586. The number of hydrogen-bond acceptors (Lipinski definition) is 3. The third kappa shape index (κ3) is 5.67. The fourth-order valence-electron chi connectivity index (χ4n) is 2.31. The highest BCUT2D eigenvalue weighted by Gasteiger charge is 2.31. The molecule has 0 N–H and O–H groups in total. The zero-order valence-corrected chi connectivity index (χ0v) is 14.3. The van der Waals surface area contributed by atoms with Crippen LogP contribution in [-0.4, -0.2) is 13.5 Å². The summed E-state index contributed by atoms with van der Waals surface area (Å²) in [5.41, 5.74) is 1.81. The van der Waals surface area contributed by atoms with E-state index in [4.69, 9.17) is 9.47 Å². The van der Waals surface area contributed by atoms with Gasteiger partial charge in [-0.15, -0.1) is 13.2 Å². The zero-order chi connectivity index (χ0) is 18.4. The van der Waals surface area contributed by atoms with Gasteiger partial charge in [-0.2, -0.15) is 0 Å². The maximum atomic E-state index is 12.2. The Morgan fingerprint density at radius 2 is 1.40 bits per heavy atom. The maximum absolute atomic E-state index is 12.2. The average Bonchev–Trinajstić information content (AvgIpc) is 2.59. The Balaban J connectivity index is 2.06. The van der Waals surface area contributed by atoms with Gasteiger partial charge in [-0.05, 0) is 54.3 Å². The van der Waals surface area contributed by atoms with Crippen molar-refractivity contribution in [3.05, 3.63) is 59.7 Å². The molecule has 0 aliphatic rings. The Bertz CT molecular complexity index is 651. The molecule has 0 bridgehead atoms. The van der Waals surface area contributed by atoms with Crippen molar-refractivity contribution < 1.29 is 27.4 Å². The second-order valence-corrected chi connectivity index (χ2v) is 5.68. The van der Waals surface area contributed by atoms with Crippen molar-refractivity contribution in [2.75, 3.05) is 7.11 Å². The third-order valence-corrected chi connectivity index (χ3v) is 3.90. The molecule has 2 aromatic carbocycles. The number of alkyl halides is 3. The van der Waals surface area contributed by atoms with E-state index < -0.39 is 12.7 Å². The summed E-state index contributed by atoms with van der Waals surface area (Å²) in [6.45, 7) is 4.28. The molecule has 0 heterocycles. The van der Waals surface area contributed by atoms with Crippen LogP contribution in [-0.2, 0) is 4.74 Å². The molecule has 0 aliphatic heterocycles. The monoisotopic (exact) mass is 354 g/mol. The van der Waals surface area contributed by atoms with Crippen LogP contribution in [0.5, 0.6) is 11.5 Å². The van der Waals surface area contributed by atoms with E-state index in [1.54, 1.807) is 0 Å². The van der Waals surface area contributed by atoms with Crippen LogP contribution >= 0.6 is 0 Å². The molecule has 0 fully saturated rings. The molecule has 0 radical (unpaired) electrons. The number of hydrogen-bond donors (Lipinski definition) is 0. The van der Waals surface area contributed by atoms with Crippen molar-refractivity contribution in [2.45, 2.75) is 38.8 Å². The summed E-state index contributed by atoms with van der Waals surface area (Å²) < 4.78 is 51.5. The second kappa shape index (κ2) is 8.25. The summed E-state index contributed by atoms with van der Waals surface area (Å²) in [4.78, 5) is 0. The predicted molar refractivity (Wildman–Crippen MR) is 88.7 cm³/mol. The van der Waals surface area contributed by atoms with E-state index >= 15 is 0 Å². The minimum absolute atomic E-state index is 0.288. The van der Waals surface area contributed by atoms with Gasteiger partial charge in [-0.3, -0.25) is 0 Å². The van der Waals surface area contributed by atoms with Crippen LogP contribution in [0.2, 0.25) is 0 Å². The van der Waals surface area contributed by atoms with Crippen molar-refractivity contribution >= 4 is 0 Å². The van der Waals surface area contributed by atoms with Gasteiger partial charge in [0.2, 0.25) is 6.29 Å². The molecule has 3 nitrogen and oxygen atoms in total. The van der Waals surface area contributed by atoms with Gasteiger partial charge in [0, 0.05) is 12.7 Å². The smallest absolute Gasteiger partial charge is 0.461 e. The van der Waals surface area contributed by atoms with E-state index in [0.29, 0.717) is 17.2 Å². The first-order valence-corrected chi connectivity index (χ1v) is 7.97. The van der Waals surface area contributed by atoms with E-state index in [0.717, 1.165) is 6.42 Å². The van der Waals surface area contributed by atoms with E-state index in [-0.39, 0.29) is 5.75 Å². The Hall–Kier alpha value is -2.21. The summed E-state index contributed by atoms with van der Waals surface area (Å²) in [7, 11) is 1.47. The molecule has 2 aromatic rings. The molecule has 2 rings (SSSR count). The van der Waals surface area contributed by atoms with Gasteiger partial charge in [0.1, 0.15) is 11.5 Å². The van der Waals surface area contributed by atoms with Gasteiger partial charge in [0.25, 0.3) is 0 Å².